The summed E-state index contributed by atoms with van der Waals surface area (Å²) in [7, 11) is -2.32. The average molecular weight is 504 g/mol. The Bertz CT molecular complexity index is 1330. The number of nitrogens with two attached hydrogens (primary N) is 1. The van der Waals surface area contributed by atoms with Gasteiger partial charge >= 0.3 is 10.2 Å². The molecular weight excluding hydrogens is 478 g/mol. The van der Waals surface area contributed by atoms with Gasteiger partial charge in [-0.1, -0.05) is 6.07 Å². The fourth-order valence-electron chi connectivity index (χ4n) is 3.65. The quantitative estimate of drug-likeness (QED) is 0.408. The summed E-state index contributed by atoms with van der Waals surface area (Å²) in [4.78, 5) is 31.8. The molecule has 1 unspecified atom stereocenters. The van der Waals surface area contributed by atoms with E-state index in [9.17, 15) is 23.1 Å². The van der Waals surface area contributed by atoms with Gasteiger partial charge in [-0.2, -0.15) is 8.42 Å². The van der Waals surface area contributed by atoms with Crippen LogP contribution in [0.25, 0.3) is 0 Å². The van der Waals surface area contributed by atoms with E-state index in [0.29, 0.717) is 11.3 Å². The summed E-state index contributed by atoms with van der Waals surface area (Å²) in [6, 6.07) is 7.66. The summed E-state index contributed by atoms with van der Waals surface area (Å²) in [5, 5.41) is 13.1. The number of aliphatic hydroxyl groups excluding tert-OH is 1. The third-order valence-electron chi connectivity index (χ3n) is 5.31. The van der Waals surface area contributed by atoms with Crippen LogP contribution >= 0.6 is 0 Å². The average Bonchev–Trinajstić information content (AvgIpc) is 3.02. The van der Waals surface area contributed by atoms with Crippen molar-refractivity contribution in [2.45, 2.75) is 25.7 Å². The number of amidine groups is 1. The van der Waals surface area contributed by atoms with Gasteiger partial charge in [0, 0.05) is 11.8 Å². The second-order valence-electron chi connectivity index (χ2n) is 8.79. The highest BCUT2D eigenvalue weighted by Crippen LogP contribution is 2.31. The van der Waals surface area contributed by atoms with Gasteiger partial charge in [-0.25, -0.2) is 4.98 Å². The Hall–Kier alpha value is -3.75. The summed E-state index contributed by atoms with van der Waals surface area (Å²) in [5.74, 6) is -0.535. The summed E-state index contributed by atoms with van der Waals surface area (Å²) in [6.45, 7) is 3.53. The number of nitrogens with one attached hydrogen (secondary N) is 2. The standard InChI is InChI=1S/C21H25N7O6S/c1-21(2,11-34-14-6-4-5-13-17(14)18(22)26-35(32,33)25-13)24-19(30)12-7-8-23-15(9-12)28-16(29)10-27(3)20(28)31/h4-9,20,25,31H,10-11H2,1-3H3,(H2,22,26)(H,24,30). The molecular formula is C21H25N7O6S. The van der Waals surface area contributed by atoms with Crippen molar-refractivity contribution in [3.63, 3.8) is 0 Å². The Kier molecular flexibility index (Phi) is 6.12. The normalized spacial score (nSPS) is 19.5. The van der Waals surface area contributed by atoms with Crippen LogP contribution in [0.2, 0.25) is 0 Å². The molecule has 2 amide bonds. The number of nitrogens with zero attached hydrogens (tertiary/aromatic N) is 4. The molecule has 2 aliphatic heterocycles. The van der Waals surface area contributed by atoms with Gasteiger partial charge in [-0.05, 0) is 45.2 Å². The number of rotatable bonds is 6. The van der Waals surface area contributed by atoms with Crippen LogP contribution in [-0.4, -0.2) is 73.1 Å². The lowest BCUT2D eigenvalue weighted by Crippen LogP contribution is -2.48. The minimum absolute atomic E-state index is 0.0152. The van der Waals surface area contributed by atoms with Crippen LogP contribution in [0.1, 0.15) is 29.8 Å². The van der Waals surface area contributed by atoms with Crippen LogP contribution in [0.3, 0.4) is 0 Å². The summed E-state index contributed by atoms with van der Waals surface area (Å²) < 4.78 is 35.1. The van der Waals surface area contributed by atoms with Gasteiger partial charge in [-0.3, -0.25) is 24.1 Å². The van der Waals surface area contributed by atoms with Crippen molar-refractivity contribution < 1.29 is 27.9 Å². The molecule has 13 nitrogen and oxygen atoms in total. The topological polar surface area (TPSA) is 180 Å². The van der Waals surface area contributed by atoms with E-state index < -0.39 is 28.0 Å². The first-order valence-electron chi connectivity index (χ1n) is 10.5. The Morgan fingerprint density at radius 3 is 2.80 bits per heavy atom. The number of pyridine rings is 1. The largest absolute Gasteiger partial charge is 0.490 e. The predicted octanol–water partition coefficient (Wildman–Crippen LogP) is -0.401. The third kappa shape index (κ3) is 5.03. The number of carbonyl (C=O) groups is 2. The van der Waals surface area contributed by atoms with E-state index >= 15 is 0 Å². The van der Waals surface area contributed by atoms with Crippen molar-refractivity contribution in [1.82, 2.24) is 15.2 Å². The number of ether oxygens (including phenoxy) is 1. The van der Waals surface area contributed by atoms with E-state index in [1.165, 1.54) is 29.3 Å². The van der Waals surface area contributed by atoms with Crippen LogP contribution in [0.5, 0.6) is 5.75 Å². The van der Waals surface area contributed by atoms with Gasteiger partial charge in [0.05, 0.1) is 23.3 Å². The van der Waals surface area contributed by atoms with E-state index in [0.717, 1.165) is 4.90 Å². The van der Waals surface area contributed by atoms with Gasteiger partial charge < -0.3 is 20.9 Å². The molecule has 1 aromatic carbocycles. The molecule has 186 valence electrons. The molecule has 35 heavy (non-hydrogen) atoms. The first-order chi connectivity index (χ1) is 16.4. The second-order valence-corrected chi connectivity index (χ2v) is 10.1. The van der Waals surface area contributed by atoms with Gasteiger partial charge in [0.1, 0.15) is 18.2 Å². The van der Waals surface area contributed by atoms with Crippen molar-refractivity contribution in [1.29, 1.82) is 0 Å². The molecule has 14 heteroatoms. The number of benzene rings is 1. The Labute approximate surface area is 201 Å². The molecule has 1 fully saturated rings. The van der Waals surface area contributed by atoms with Gasteiger partial charge in [-0.15, -0.1) is 4.40 Å². The maximum Gasteiger partial charge on any atom is 0.344 e. The zero-order valence-corrected chi connectivity index (χ0v) is 20.0. The maximum atomic E-state index is 12.9. The van der Waals surface area contributed by atoms with Crippen molar-refractivity contribution in [2.24, 2.45) is 10.1 Å². The van der Waals surface area contributed by atoms with Gasteiger partial charge in [0.25, 0.3) is 5.91 Å². The number of aromatic nitrogens is 1. The number of anilines is 2. The SMILES string of the molecule is CN1CC(=O)N(c2cc(C(=O)NC(C)(C)COc3cccc4c3C(N)=NS(=O)(=O)N4)ccn2)C1O. The van der Waals surface area contributed by atoms with Crippen LogP contribution in [0, 0.1) is 0 Å². The minimum atomic E-state index is -3.92. The predicted molar refractivity (Wildman–Crippen MR) is 127 cm³/mol. The number of aliphatic hydroxyl groups is 1. The zero-order valence-electron chi connectivity index (χ0n) is 19.2. The van der Waals surface area contributed by atoms with Crippen LogP contribution in [-0.2, 0) is 15.0 Å². The van der Waals surface area contributed by atoms with Crippen molar-refractivity contribution >= 4 is 39.4 Å². The molecule has 1 atom stereocenters. The van der Waals surface area contributed by atoms with E-state index in [4.69, 9.17) is 10.5 Å². The highest BCUT2D eigenvalue weighted by molar-refractivity contribution is 7.91. The molecule has 4 rings (SSSR count). The van der Waals surface area contributed by atoms with Crippen LogP contribution in [0.4, 0.5) is 11.5 Å². The van der Waals surface area contributed by atoms with Crippen LogP contribution in [0.15, 0.2) is 40.9 Å². The summed E-state index contributed by atoms with van der Waals surface area (Å²) >= 11 is 0. The Balaban J connectivity index is 1.47. The van der Waals surface area contributed by atoms with Gasteiger partial charge in [0.2, 0.25) is 5.91 Å². The van der Waals surface area contributed by atoms with Crippen LogP contribution < -0.4 is 25.4 Å². The molecule has 1 saturated heterocycles. The monoisotopic (exact) mass is 503 g/mol. The summed E-state index contributed by atoms with van der Waals surface area (Å²) in [5.41, 5.74) is 5.76. The second kappa shape index (κ2) is 8.79. The first-order valence-corrected chi connectivity index (χ1v) is 11.9. The molecule has 0 aliphatic carbocycles. The fourth-order valence-corrected chi connectivity index (χ4v) is 4.49. The molecule has 0 bridgehead atoms. The lowest BCUT2D eigenvalue weighted by Gasteiger charge is -2.28. The Morgan fingerprint density at radius 1 is 1.37 bits per heavy atom. The number of likely N-dealkylation sites (N-methyl/N-ethyl adjacent to an activating group) is 1. The molecule has 3 heterocycles. The highest BCUT2D eigenvalue weighted by Gasteiger charge is 2.36. The number of carbonyl (C=O) groups excluding carboxylic acids is 2. The Morgan fingerprint density at radius 2 is 2.11 bits per heavy atom. The maximum absolute atomic E-state index is 12.9. The first kappa shape index (κ1) is 24.4. The number of fused-ring (bicyclic) bond motifs is 1. The smallest absolute Gasteiger partial charge is 0.344 e. The van der Waals surface area contributed by atoms with Crippen molar-refractivity contribution in [2.75, 3.05) is 29.8 Å². The molecule has 0 spiro atoms. The lowest BCUT2D eigenvalue weighted by molar-refractivity contribution is -0.116. The fraction of sp³-hybridized carbons (Fsp3) is 0.333. The molecule has 2 aliphatic rings. The van der Waals surface area contributed by atoms with Crippen molar-refractivity contribution in [3.8, 4) is 5.75 Å². The molecule has 5 N–H and O–H groups in total. The van der Waals surface area contributed by atoms with E-state index in [-0.39, 0.29) is 42.0 Å². The van der Waals surface area contributed by atoms with E-state index in [1.54, 1.807) is 33.0 Å². The molecule has 0 radical (unpaired) electrons. The van der Waals surface area contributed by atoms with E-state index in [1.807, 2.05) is 0 Å². The lowest BCUT2D eigenvalue weighted by atomic mass is 10.1. The molecule has 1 aromatic heterocycles. The third-order valence-corrected chi connectivity index (χ3v) is 6.23. The van der Waals surface area contributed by atoms with Gasteiger partial charge in [0.15, 0.2) is 12.2 Å². The number of amides is 2. The minimum Gasteiger partial charge on any atom is -0.490 e. The zero-order chi connectivity index (χ0) is 25.5. The summed E-state index contributed by atoms with van der Waals surface area (Å²) in [6.07, 6.45) is 0.210. The number of hydrogen-bond donors (Lipinski definition) is 4. The van der Waals surface area contributed by atoms with Crippen molar-refractivity contribution in [3.05, 3.63) is 47.7 Å². The molecule has 2 aromatic rings. The van der Waals surface area contributed by atoms with E-state index in [2.05, 4.69) is 19.4 Å². The highest BCUT2D eigenvalue weighted by atomic mass is 32.2. The molecule has 0 saturated carbocycles. The number of hydrogen-bond acceptors (Lipinski definition) is 9.